The first-order valence-electron chi connectivity index (χ1n) is 12.4. The van der Waals surface area contributed by atoms with Gasteiger partial charge in [-0.15, -0.1) is 0 Å². The topological polar surface area (TPSA) is 97.1 Å². The number of Topliss-reactive ketones (excluding diaryl/α,β-unsaturated/α-hetero) is 1. The van der Waals surface area contributed by atoms with Crippen LogP contribution in [-0.2, 0) is 25.7 Å². The lowest BCUT2D eigenvalue weighted by Gasteiger charge is -2.32. The Labute approximate surface area is 215 Å². The molecule has 2 aliphatic rings. The Morgan fingerprint density at radius 3 is 2.65 bits per heavy atom. The van der Waals surface area contributed by atoms with Crippen molar-refractivity contribution in [1.29, 1.82) is 0 Å². The largest absolute Gasteiger partial charge is 0.490 e. The zero-order valence-corrected chi connectivity index (χ0v) is 20.9. The Balaban J connectivity index is 1.52. The summed E-state index contributed by atoms with van der Waals surface area (Å²) in [5.41, 5.74) is 8.47. The van der Waals surface area contributed by atoms with Gasteiger partial charge in [-0.25, -0.2) is 4.79 Å². The van der Waals surface area contributed by atoms with E-state index in [1.165, 1.54) is 7.11 Å². The number of rotatable bonds is 7. The van der Waals surface area contributed by atoms with Crippen LogP contribution in [0.15, 0.2) is 83.5 Å². The van der Waals surface area contributed by atoms with E-state index < -0.39 is 11.9 Å². The van der Waals surface area contributed by atoms with E-state index in [1.807, 2.05) is 37.3 Å². The fourth-order valence-corrected chi connectivity index (χ4v) is 5.06. The summed E-state index contributed by atoms with van der Waals surface area (Å²) in [6, 6.07) is 19.7. The number of hydrogen-bond acceptors (Lipinski definition) is 7. The Bertz CT molecular complexity index is 1430. The molecule has 1 heterocycles. The molecule has 5 rings (SSSR count). The minimum absolute atomic E-state index is 0.0421. The molecule has 3 aromatic carbocycles. The number of hydrogen-bond donors (Lipinski definition) is 1. The fraction of sp³-hybridized carbons (Fsp3) is 0.267. The summed E-state index contributed by atoms with van der Waals surface area (Å²) in [5.74, 6) is 0.137. The number of carbonyl (C=O) groups excluding carboxylic acids is 2. The predicted molar refractivity (Wildman–Crippen MR) is 139 cm³/mol. The molecule has 1 atom stereocenters. The molecule has 7 heteroatoms. The zero-order valence-electron chi connectivity index (χ0n) is 20.9. The first kappa shape index (κ1) is 24.4. The van der Waals surface area contributed by atoms with Crippen molar-refractivity contribution in [3.63, 3.8) is 0 Å². The molecule has 0 fully saturated rings. The van der Waals surface area contributed by atoms with E-state index in [0.717, 1.165) is 16.3 Å². The summed E-state index contributed by atoms with van der Waals surface area (Å²) >= 11 is 0. The van der Waals surface area contributed by atoms with Gasteiger partial charge in [0.25, 0.3) is 0 Å². The summed E-state index contributed by atoms with van der Waals surface area (Å²) in [5, 5.41) is 2.27. The van der Waals surface area contributed by atoms with Gasteiger partial charge in [0, 0.05) is 18.4 Å². The molecule has 37 heavy (non-hydrogen) atoms. The minimum Gasteiger partial charge on any atom is -0.490 e. The van der Waals surface area contributed by atoms with Crippen molar-refractivity contribution >= 4 is 22.5 Å². The van der Waals surface area contributed by atoms with Crippen molar-refractivity contribution in [1.82, 2.24) is 0 Å². The van der Waals surface area contributed by atoms with E-state index in [9.17, 15) is 9.59 Å². The lowest BCUT2D eigenvalue weighted by molar-refractivity contribution is -0.136. The molecule has 0 saturated heterocycles. The molecular weight excluding hydrogens is 470 g/mol. The average molecular weight is 500 g/mol. The lowest BCUT2D eigenvalue weighted by atomic mass is 9.77. The quantitative estimate of drug-likeness (QED) is 0.442. The van der Waals surface area contributed by atoms with E-state index in [4.69, 9.17) is 24.7 Å². The second-order valence-corrected chi connectivity index (χ2v) is 8.98. The van der Waals surface area contributed by atoms with Gasteiger partial charge in [0.05, 0.1) is 19.6 Å². The second kappa shape index (κ2) is 10.4. The van der Waals surface area contributed by atoms with Crippen molar-refractivity contribution in [2.75, 3.05) is 13.7 Å². The Morgan fingerprint density at radius 2 is 1.84 bits per heavy atom. The zero-order chi connectivity index (χ0) is 25.9. The Morgan fingerprint density at radius 1 is 1.03 bits per heavy atom. The van der Waals surface area contributed by atoms with Crippen molar-refractivity contribution in [3.8, 4) is 11.5 Å². The highest BCUT2D eigenvalue weighted by molar-refractivity contribution is 6.03. The van der Waals surface area contributed by atoms with Gasteiger partial charge in [0.1, 0.15) is 17.9 Å². The number of ether oxygens (including phenoxy) is 4. The maximum Gasteiger partial charge on any atom is 0.340 e. The number of esters is 1. The SMILES string of the molecule is CCOc1cc([C@@H]2C(C(=O)OC)=C(N)OC3=C2C(=O)CCC3)ccc1OCc1cccc2ccccc12. The molecule has 0 amide bonds. The maximum absolute atomic E-state index is 13.0. The van der Waals surface area contributed by atoms with Crippen LogP contribution >= 0.6 is 0 Å². The molecule has 7 nitrogen and oxygen atoms in total. The van der Waals surface area contributed by atoms with Gasteiger partial charge in [-0.2, -0.15) is 0 Å². The highest BCUT2D eigenvalue weighted by Gasteiger charge is 2.41. The maximum atomic E-state index is 13.0. The molecule has 0 radical (unpaired) electrons. The van der Waals surface area contributed by atoms with Crippen LogP contribution in [0.1, 0.15) is 43.2 Å². The van der Waals surface area contributed by atoms with Crippen molar-refractivity contribution in [2.45, 2.75) is 38.7 Å². The van der Waals surface area contributed by atoms with E-state index >= 15 is 0 Å². The average Bonchev–Trinajstić information content (AvgIpc) is 2.91. The molecule has 190 valence electrons. The van der Waals surface area contributed by atoms with Crippen LogP contribution in [0.4, 0.5) is 0 Å². The number of ketones is 1. The van der Waals surface area contributed by atoms with Crippen LogP contribution in [0, 0.1) is 0 Å². The fourth-order valence-electron chi connectivity index (χ4n) is 5.06. The van der Waals surface area contributed by atoms with E-state index in [2.05, 4.69) is 18.2 Å². The minimum atomic E-state index is -0.713. The van der Waals surface area contributed by atoms with E-state index in [1.54, 1.807) is 12.1 Å². The molecule has 2 N–H and O–H groups in total. The van der Waals surface area contributed by atoms with Crippen LogP contribution in [-0.4, -0.2) is 25.5 Å². The summed E-state index contributed by atoms with van der Waals surface area (Å²) in [4.78, 5) is 25.8. The predicted octanol–water partition coefficient (Wildman–Crippen LogP) is 5.28. The van der Waals surface area contributed by atoms with Crippen molar-refractivity contribution < 1.29 is 28.5 Å². The van der Waals surface area contributed by atoms with Crippen LogP contribution in [0.5, 0.6) is 11.5 Å². The number of allylic oxidation sites excluding steroid dienone is 2. The molecule has 3 aromatic rings. The third-order valence-corrected chi connectivity index (χ3v) is 6.75. The van der Waals surface area contributed by atoms with E-state index in [0.29, 0.717) is 60.9 Å². The van der Waals surface area contributed by atoms with Crippen LogP contribution in [0.2, 0.25) is 0 Å². The van der Waals surface area contributed by atoms with Crippen LogP contribution in [0.25, 0.3) is 10.8 Å². The van der Waals surface area contributed by atoms with Gasteiger partial charge >= 0.3 is 5.97 Å². The summed E-state index contributed by atoms with van der Waals surface area (Å²) in [6.45, 7) is 2.65. The lowest BCUT2D eigenvalue weighted by Crippen LogP contribution is -2.31. The summed E-state index contributed by atoms with van der Waals surface area (Å²) in [7, 11) is 1.28. The molecular formula is C30H29NO6. The number of methoxy groups -OCH3 is 1. The molecule has 0 spiro atoms. The van der Waals surface area contributed by atoms with Crippen LogP contribution in [0.3, 0.4) is 0 Å². The van der Waals surface area contributed by atoms with Crippen molar-refractivity contribution in [2.24, 2.45) is 5.73 Å². The van der Waals surface area contributed by atoms with E-state index in [-0.39, 0.29) is 17.2 Å². The van der Waals surface area contributed by atoms with Gasteiger partial charge in [0.15, 0.2) is 17.3 Å². The molecule has 1 aliphatic carbocycles. The standard InChI is InChI=1S/C30H29NO6/c1-3-35-25-16-19(14-15-23(25)36-17-20-10-6-9-18-8-4-5-11-21(18)20)26-27-22(32)12-7-13-24(27)37-29(31)28(26)30(33)34-2/h4-6,8-11,14-16,26H,3,7,12-13,17,31H2,1-2H3/t26-/m0/s1. The van der Waals surface area contributed by atoms with Crippen LogP contribution < -0.4 is 15.2 Å². The Hall–Kier alpha value is -4.26. The van der Waals surface area contributed by atoms with Gasteiger partial charge < -0.3 is 24.7 Å². The number of benzene rings is 3. The molecule has 0 saturated carbocycles. The summed E-state index contributed by atoms with van der Waals surface area (Å²) in [6.07, 6.45) is 1.64. The molecule has 0 bridgehead atoms. The van der Waals surface area contributed by atoms with Gasteiger partial charge in [-0.05, 0) is 47.4 Å². The normalized spacial score (nSPS) is 17.4. The smallest absolute Gasteiger partial charge is 0.340 e. The molecule has 0 aromatic heterocycles. The highest BCUT2D eigenvalue weighted by Crippen LogP contribution is 2.45. The number of carbonyl (C=O) groups is 2. The van der Waals surface area contributed by atoms with Gasteiger partial charge in [0.2, 0.25) is 5.88 Å². The van der Waals surface area contributed by atoms with Gasteiger partial charge in [-0.1, -0.05) is 48.5 Å². The van der Waals surface area contributed by atoms with Crippen molar-refractivity contribution in [3.05, 3.63) is 94.6 Å². The molecule has 1 aliphatic heterocycles. The number of nitrogens with two attached hydrogens (primary N) is 1. The third kappa shape index (κ3) is 4.65. The molecule has 0 unspecified atom stereocenters. The number of fused-ring (bicyclic) bond motifs is 1. The second-order valence-electron chi connectivity index (χ2n) is 8.98. The third-order valence-electron chi connectivity index (χ3n) is 6.75. The first-order valence-corrected chi connectivity index (χ1v) is 12.4. The monoisotopic (exact) mass is 499 g/mol. The summed E-state index contributed by atoms with van der Waals surface area (Å²) < 4.78 is 22.9. The highest BCUT2D eigenvalue weighted by atomic mass is 16.5. The van der Waals surface area contributed by atoms with Gasteiger partial charge in [-0.3, -0.25) is 4.79 Å². The Kier molecular flexibility index (Phi) is 6.86. The first-order chi connectivity index (χ1) is 18.0.